The first kappa shape index (κ1) is 26.0. The number of carbonyl (C=O) groups excluding carboxylic acids is 1. The van der Waals surface area contributed by atoms with Gasteiger partial charge in [-0.25, -0.2) is 17.6 Å². The SMILES string of the molecule is CC(O)(C(=O)NC[C@H]1CN(S(=O)(=O)c2ccc(F)cc2)c2cc(NC(=O)O)ccc2O1)C(F)(F)F. The lowest BCUT2D eigenvalue weighted by Crippen LogP contribution is -2.57. The third kappa shape index (κ3) is 5.40. The van der Waals surface area contributed by atoms with Gasteiger partial charge in [0.05, 0.1) is 23.7 Å². The highest BCUT2D eigenvalue weighted by Crippen LogP contribution is 2.39. The predicted molar refractivity (Wildman–Crippen MR) is 113 cm³/mol. The highest BCUT2D eigenvalue weighted by Gasteiger charge is 2.55. The number of fused-ring (bicyclic) bond motifs is 1. The van der Waals surface area contributed by atoms with Gasteiger partial charge in [0.15, 0.2) is 0 Å². The van der Waals surface area contributed by atoms with Gasteiger partial charge >= 0.3 is 12.3 Å². The minimum atomic E-state index is -5.26. The number of alkyl halides is 3. The summed E-state index contributed by atoms with van der Waals surface area (Å²) in [7, 11) is -4.39. The maximum Gasteiger partial charge on any atom is 0.426 e. The van der Waals surface area contributed by atoms with Gasteiger partial charge in [0.1, 0.15) is 17.7 Å². The molecular formula is C20H19F4N3O7S. The molecule has 2 amide bonds. The molecule has 2 aromatic carbocycles. The summed E-state index contributed by atoms with van der Waals surface area (Å²) >= 11 is 0. The number of benzene rings is 2. The minimum absolute atomic E-state index is 0.00728. The maximum absolute atomic E-state index is 13.3. The average Bonchev–Trinajstić information content (AvgIpc) is 2.76. The van der Waals surface area contributed by atoms with Crippen LogP contribution < -0.4 is 19.7 Å². The Hall–Kier alpha value is -3.59. The van der Waals surface area contributed by atoms with Gasteiger partial charge in [-0.05, 0) is 49.4 Å². The molecule has 0 fully saturated rings. The van der Waals surface area contributed by atoms with E-state index in [0.29, 0.717) is 0 Å². The van der Waals surface area contributed by atoms with Crippen molar-refractivity contribution in [2.45, 2.75) is 29.7 Å². The average molecular weight is 521 g/mol. The number of hydrogen-bond acceptors (Lipinski definition) is 6. The standard InChI is InChI=1S/C20H19F4N3O7S/c1-19(31,20(22,23)24)17(28)25-9-13-10-27(35(32,33)14-5-2-11(21)3-6-14)15-8-12(26-18(29)30)4-7-16(15)34-13/h2-8,13,26,31H,9-10H2,1H3,(H,25,28)(H,29,30)/t13-,19?/m0/s1. The molecule has 0 aliphatic carbocycles. The fourth-order valence-corrected chi connectivity index (χ4v) is 4.59. The largest absolute Gasteiger partial charge is 0.484 e. The van der Waals surface area contributed by atoms with Crippen LogP contribution in [0.3, 0.4) is 0 Å². The summed E-state index contributed by atoms with van der Waals surface area (Å²) in [5.74, 6) is -2.55. The fourth-order valence-electron chi connectivity index (χ4n) is 3.09. The minimum Gasteiger partial charge on any atom is -0.484 e. The number of ether oxygens (including phenoxy) is 1. The normalized spacial score (nSPS) is 17.5. The molecule has 1 aliphatic rings. The first-order valence-corrected chi connectivity index (χ1v) is 11.2. The highest BCUT2D eigenvalue weighted by atomic mass is 32.2. The number of carboxylic acid groups (broad SMARTS) is 1. The predicted octanol–water partition coefficient (Wildman–Crippen LogP) is 2.30. The molecule has 190 valence electrons. The molecule has 0 bridgehead atoms. The van der Waals surface area contributed by atoms with Crippen LogP contribution in [0.15, 0.2) is 47.4 Å². The van der Waals surface area contributed by atoms with Crippen molar-refractivity contribution in [3.63, 3.8) is 0 Å². The number of nitrogens with one attached hydrogen (secondary N) is 2. The summed E-state index contributed by atoms with van der Waals surface area (Å²) in [6, 6.07) is 7.46. The lowest BCUT2D eigenvalue weighted by Gasteiger charge is -2.36. The summed E-state index contributed by atoms with van der Waals surface area (Å²) in [4.78, 5) is 22.6. The van der Waals surface area contributed by atoms with Crippen molar-refractivity contribution in [2.75, 3.05) is 22.7 Å². The van der Waals surface area contributed by atoms with E-state index in [2.05, 4.69) is 5.32 Å². The zero-order valence-electron chi connectivity index (χ0n) is 17.8. The molecule has 0 saturated carbocycles. The molecule has 3 rings (SSSR count). The van der Waals surface area contributed by atoms with Crippen LogP contribution in [0.2, 0.25) is 0 Å². The molecule has 10 nitrogen and oxygen atoms in total. The molecule has 2 aromatic rings. The first-order chi connectivity index (χ1) is 16.1. The molecule has 0 saturated heterocycles. The summed E-state index contributed by atoms with van der Waals surface area (Å²) in [5.41, 5.74) is -3.81. The quantitative estimate of drug-likeness (QED) is 0.427. The smallest absolute Gasteiger partial charge is 0.426 e. The Morgan fingerprint density at radius 2 is 1.80 bits per heavy atom. The van der Waals surface area contributed by atoms with Crippen LogP contribution in [-0.2, 0) is 14.8 Å². The number of carbonyl (C=O) groups is 2. The van der Waals surface area contributed by atoms with E-state index in [-0.39, 0.29) is 28.9 Å². The van der Waals surface area contributed by atoms with Gasteiger partial charge in [-0.3, -0.25) is 14.4 Å². The monoisotopic (exact) mass is 521 g/mol. The molecule has 15 heteroatoms. The molecule has 0 radical (unpaired) electrons. The number of sulfonamides is 1. The van der Waals surface area contributed by atoms with Crippen LogP contribution in [-0.4, -0.2) is 61.6 Å². The molecule has 35 heavy (non-hydrogen) atoms. The maximum atomic E-state index is 13.3. The highest BCUT2D eigenvalue weighted by molar-refractivity contribution is 7.92. The third-order valence-corrected chi connectivity index (χ3v) is 6.82. The van der Waals surface area contributed by atoms with Gasteiger partial charge in [-0.15, -0.1) is 0 Å². The Morgan fingerprint density at radius 3 is 2.37 bits per heavy atom. The number of hydrogen-bond donors (Lipinski definition) is 4. The lowest BCUT2D eigenvalue weighted by molar-refractivity contribution is -0.245. The number of halogens is 4. The fraction of sp³-hybridized carbons (Fsp3) is 0.300. The number of nitrogens with zero attached hydrogens (tertiary/aromatic N) is 1. The van der Waals surface area contributed by atoms with Crippen LogP contribution in [0.25, 0.3) is 0 Å². The van der Waals surface area contributed by atoms with Crippen LogP contribution in [0.1, 0.15) is 6.92 Å². The van der Waals surface area contributed by atoms with E-state index >= 15 is 0 Å². The Kier molecular flexibility index (Phi) is 6.86. The van der Waals surface area contributed by atoms with Crippen molar-refractivity contribution in [3.8, 4) is 5.75 Å². The number of anilines is 2. The van der Waals surface area contributed by atoms with Crippen molar-refractivity contribution >= 4 is 33.4 Å². The molecular weight excluding hydrogens is 502 g/mol. The third-order valence-electron chi connectivity index (χ3n) is 5.03. The first-order valence-electron chi connectivity index (χ1n) is 9.79. The zero-order valence-corrected chi connectivity index (χ0v) is 18.7. The van der Waals surface area contributed by atoms with E-state index in [1.54, 1.807) is 0 Å². The Bertz CT molecular complexity index is 1230. The number of rotatable bonds is 6. The van der Waals surface area contributed by atoms with Crippen LogP contribution in [0, 0.1) is 5.82 Å². The van der Waals surface area contributed by atoms with E-state index in [4.69, 9.17) is 9.84 Å². The molecule has 4 N–H and O–H groups in total. The van der Waals surface area contributed by atoms with Gasteiger partial charge in [-0.2, -0.15) is 13.2 Å². The summed E-state index contributed by atoms with van der Waals surface area (Å²) in [5, 5.41) is 22.4. The van der Waals surface area contributed by atoms with Crippen LogP contribution in [0.5, 0.6) is 5.75 Å². The molecule has 1 heterocycles. The van der Waals surface area contributed by atoms with E-state index in [0.717, 1.165) is 34.6 Å². The molecule has 2 atom stereocenters. The van der Waals surface area contributed by atoms with Gasteiger partial charge < -0.3 is 20.3 Å². The topological polar surface area (TPSA) is 145 Å². The second-order valence-corrected chi connectivity index (χ2v) is 9.48. The summed E-state index contributed by atoms with van der Waals surface area (Å²) in [6.07, 6.45) is -7.89. The lowest BCUT2D eigenvalue weighted by atomic mass is 10.1. The molecule has 1 aliphatic heterocycles. The van der Waals surface area contributed by atoms with Gasteiger partial charge in [-0.1, -0.05) is 0 Å². The Balaban J connectivity index is 1.94. The van der Waals surface area contributed by atoms with Gasteiger partial charge in [0.25, 0.3) is 15.9 Å². The van der Waals surface area contributed by atoms with Gasteiger partial charge in [0, 0.05) is 5.69 Å². The van der Waals surface area contributed by atoms with E-state index < -0.39 is 58.8 Å². The van der Waals surface area contributed by atoms with Gasteiger partial charge in [0.2, 0.25) is 5.60 Å². The second kappa shape index (κ2) is 9.22. The van der Waals surface area contributed by atoms with E-state index in [9.17, 15) is 40.7 Å². The van der Waals surface area contributed by atoms with E-state index in [1.165, 1.54) is 12.1 Å². The van der Waals surface area contributed by atoms with Crippen molar-refractivity contribution in [3.05, 3.63) is 48.3 Å². The van der Waals surface area contributed by atoms with Crippen LogP contribution >= 0.6 is 0 Å². The number of aliphatic hydroxyl groups is 1. The summed E-state index contributed by atoms with van der Waals surface area (Å²) < 4.78 is 85.0. The Morgan fingerprint density at radius 1 is 1.17 bits per heavy atom. The van der Waals surface area contributed by atoms with Crippen molar-refractivity contribution < 1.29 is 50.5 Å². The Labute approximate surface area is 196 Å². The van der Waals surface area contributed by atoms with E-state index in [1.807, 2.05) is 5.32 Å². The molecule has 1 unspecified atom stereocenters. The second-order valence-electron chi connectivity index (χ2n) is 7.62. The van der Waals surface area contributed by atoms with Crippen molar-refractivity contribution in [1.29, 1.82) is 0 Å². The van der Waals surface area contributed by atoms with Crippen LogP contribution in [0.4, 0.5) is 33.7 Å². The zero-order chi connectivity index (χ0) is 26.2. The number of amides is 2. The molecule has 0 spiro atoms. The summed E-state index contributed by atoms with van der Waals surface area (Å²) in [6.45, 7) is -0.867. The van der Waals surface area contributed by atoms with Crippen molar-refractivity contribution in [2.24, 2.45) is 0 Å². The van der Waals surface area contributed by atoms with Crippen molar-refractivity contribution in [1.82, 2.24) is 5.32 Å². The molecule has 0 aromatic heterocycles.